The first kappa shape index (κ1) is 19.6. The van der Waals surface area contributed by atoms with Crippen LogP contribution in [-0.2, 0) is 25.9 Å². The largest absolute Gasteiger partial charge is 0.394 e. The third-order valence-corrected chi connectivity index (χ3v) is 7.05. The van der Waals surface area contributed by atoms with Crippen molar-refractivity contribution in [3.05, 3.63) is 51.0 Å². The first-order chi connectivity index (χ1) is 13.7. The van der Waals surface area contributed by atoms with Gasteiger partial charge in [0.25, 0.3) is 5.91 Å². The monoisotopic (exact) mass is 399 g/mol. The summed E-state index contributed by atoms with van der Waals surface area (Å²) in [5.74, 6) is 0.113. The zero-order valence-corrected chi connectivity index (χ0v) is 17.4. The van der Waals surface area contributed by atoms with Gasteiger partial charge in [0.05, 0.1) is 23.9 Å². The number of aliphatic hydroxyl groups is 1. The molecule has 4 rings (SSSR count). The summed E-state index contributed by atoms with van der Waals surface area (Å²) in [7, 11) is 0. The summed E-state index contributed by atoms with van der Waals surface area (Å²) in [4.78, 5) is 23.3. The second-order valence-electron chi connectivity index (χ2n) is 7.85. The molecule has 2 aliphatic heterocycles. The maximum atomic E-state index is 13.1. The second-order valence-corrected chi connectivity index (χ2v) is 8.82. The van der Waals surface area contributed by atoms with E-state index in [0.717, 1.165) is 69.5 Å². The molecule has 2 aromatic heterocycles. The summed E-state index contributed by atoms with van der Waals surface area (Å²) < 4.78 is 0. The number of nitrogens with zero attached hydrogens (tertiary/aromatic N) is 3. The van der Waals surface area contributed by atoms with Crippen molar-refractivity contribution < 1.29 is 9.90 Å². The maximum Gasteiger partial charge on any atom is 0.255 e. The summed E-state index contributed by atoms with van der Waals surface area (Å²) in [6.45, 7) is 5.66. The van der Waals surface area contributed by atoms with Crippen LogP contribution in [0.15, 0.2) is 23.7 Å². The van der Waals surface area contributed by atoms with E-state index in [9.17, 15) is 9.90 Å². The number of aryl methyl sites for hydroxylation is 1. The molecule has 0 bridgehead atoms. The van der Waals surface area contributed by atoms with Crippen LogP contribution in [0.3, 0.4) is 0 Å². The highest BCUT2D eigenvalue weighted by Crippen LogP contribution is 2.31. The highest BCUT2D eigenvalue weighted by atomic mass is 32.1. The number of amides is 1. The van der Waals surface area contributed by atoms with Gasteiger partial charge in [-0.3, -0.25) is 14.7 Å². The van der Waals surface area contributed by atoms with E-state index in [0.29, 0.717) is 0 Å². The number of aromatic nitrogens is 1. The van der Waals surface area contributed by atoms with Crippen molar-refractivity contribution in [1.29, 1.82) is 0 Å². The number of rotatable bonds is 5. The van der Waals surface area contributed by atoms with Gasteiger partial charge < -0.3 is 10.0 Å². The summed E-state index contributed by atoms with van der Waals surface area (Å²) in [5.41, 5.74) is 4.46. The number of piperidine rings is 1. The number of carbonyl (C=O) groups excluding carboxylic acids is 1. The van der Waals surface area contributed by atoms with Crippen LogP contribution in [0.2, 0.25) is 0 Å². The molecule has 0 radical (unpaired) electrons. The third-order valence-electron chi connectivity index (χ3n) is 6.03. The molecule has 0 aliphatic carbocycles. The molecule has 150 valence electrons. The van der Waals surface area contributed by atoms with Crippen molar-refractivity contribution in [2.75, 3.05) is 19.7 Å². The van der Waals surface area contributed by atoms with E-state index in [-0.39, 0.29) is 18.6 Å². The number of likely N-dealkylation sites (tertiary alicyclic amines) is 1. The van der Waals surface area contributed by atoms with Gasteiger partial charge in [-0.1, -0.05) is 13.0 Å². The minimum Gasteiger partial charge on any atom is -0.394 e. The Morgan fingerprint density at radius 1 is 1.32 bits per heavy atom. The molecule has 6 heteroatoms. The number of fused-ring (bicyclic) bond motifs is 1. The Morgan fingerprint density at radius 3 is 2.96 bits per heavy atom. The summed E-state index contributed by atoms with van der Waals surface area (Å²) in [6, 6.07) is 4.27. The summed E-state index contributed by atoms with van der Waals surface area (Å²) in [5, 5.41) is 11.7. The van der Waals surface area contributed by atoms with Crippen LogP contribution >= 0.6 is 11.3 Å². The van der Waals surface area contributed by atoms with Crippen LogP contribution in [-0.4, -0.2) is 51.5 Å². The molecule has 1 fully saturated rings. The number of pyridine rings is 1. The van der Waals surface area contributed by atoms with Gasteiger partial charge in [0, 0.05) is 42.6 Å². The fraction of sp³-hybridized carbons (Fsp3) is 0.545. The molecule has 0 saturated carbocycles. The van der Waals surface area contributed by atoms with Gasteiger partial charge in [0.15, 0.2) is 0 Å². The van der Waals surface area contributed by atoms with Crippen molar-refractivity contribution in [3.63, 3.8) is 0 Å². The molecule has 0 aromatic carbocycles. The standard InChI is InChI=1S/C22H29N3O2S/c1-2-16-6-7-17(23-11-16)12-24-10-8-19-20(15-28-21(19)13-24)22(27)25-9-4-3-5-18(25)14-26/h6-7,11,15,18,26H,2-5,8-10,12-14H2,1H3/t18-/m0/s1. The lowest BCUT2D eigenvalue weighted by atomic mass is 9.98. The molecule has 1 atom stereocenters. The molecule has 4 heterocycles. The topological polar surface area (TPSA) is 56.7 Å². The molecule has 1 saturated heterocycles. The lowest BCUT2D eigenvalue weighted by molar-refractivity contribution is 0.0502. The van der Waals surface area contributed by atoms with Crippen LogP contribution < -0.4 is 0 Å². The Bertz CT molecular complexity index is 818. The number of carbonyl (C=O) groups is 1. The predicted octanol–water partition coefficient (Wildman–Crippen LogP) is 3.25. The van der Waals surface area contributed by atoms with Crippen molar-refractivity contribution in [1.82, 2.24) is 14.8 Å². The number of thiophene rings is 1. The Balaban J connectivity index is 1.44. The minimum atomic E-state index is -0.0194. The van der Waals surface area contributed by atoms with Gasteiger partial charge >= 0.3 is 0 Å². The average molecular weight is 400 g/mol. The van der Waals surface area contributed by atoms with E-state index in [4.69, 9.17) is 0 Å². The van der Waals surface area contributed by atoms with E-state index in [1.54, 1.807) is 11.3 Å². The Morgan fingerprint density at radius 2 is 2.21 bits per heavy atom. The third kappa shape index (κ3) is 4.00. The summed E-state index contributed by atoms with van der Waals surface area (Å²) in [6.07, 6.45) is 6.94. The molecule has 2 aliphatic rings. The quantitative estimate of drug-likeness (QED) is 0.839. The van der Waals surface area contributed by atoms with Gasteiger partial charge in [-0.25, -0.2) is 0 Å². The van der Waals surface area contributed by atoms with Gasteiger partial charge in [-0.05, 0) is 49.3 Å². The molecule has 1 N–H and O–H groups in total. The van der Waals surface area contributed by atoms with Crippen LogP contribution in [0.5, 0.6) is 0 Å². The van der Waals surface area contributed by atoms with E-state index >= 15 is 0 Å². The SMILES string of the molecule is CCc1ccc(CN2CCc3c(C(=O)N4CCCC[C@H]4CO)csc3C2)nc1. The Labute approximate surface area is 171 Å². The molecule has 2 aromatic rings. The Hall–Kier alpha value is -1.76. The van der Waals surface area contributed by atoms with Crippen LogP contribution in [0.4, 0.5) is 0 Å². The normalized spacial score (nSPS) is 20.2. The average Bonchev–Trinajstić information content (AvgIpc) is 3.17. The maximum absolute atomic E-state index is 13.1. The lowest BCUT2D eigenvalue weighted by Crippen LogP contribution is -2.46. The lowest BCUT2D eigenvalue weighted by Gasteiger charge is -2.35. The van der Waals surface area contributed by atoms with Crippen molar-refractivity contribution in [2.24, 2.45) is 0 Å². The first-order valence-electron chi connectivity index (χ1n) is 10.4. The minimum absolute atomic E-state index is 0.0194. The van der Waals surface area contributed by atoms with Gasteiger partial charge in [0.1, 0.15) is 0 Å². The number of hydrogen-bond donors (Lipinski definition) is 1. The van der Waals surface area contributed by atoms with Gasteiger partial charge in [-0.2, -0.15) is 0 Å². The number of hydrogen-bond acceptors (Lipinski definition) is 5. The fourth-order valence-electron chi connectivity index (χ4n) is 4.30. The smallest absolute Gasteiger partial charge is 0.255 e. The van der Waals surface area contributed by atoms with E-state index in [1.807, 2.05) is 16.5 Å². The molecular weight excluding hydrogens is 370 g/mol. The number of aliphatic hydroxyl groups excluding tert-OH is 1. The van der Waals surface area contributed by atoms with Crippen LogP contribution in [0.25, 0.3) is 0 Å². The molecule has 0 unspecified atom stereocenters. The first-order valence-corrected chi connectivity index (χ1v) is 11.2. The molecular formula is C22H29N3O2S. The Kier molecular flexibility index (Phi) is 6.09. The van der Waals surface area contributed by atoms with E-state index in [2.05, 4.69) is 28.9 Å². The van der Waals surface area contributed by atoms with Gasteiger partial charge in [-0.15, -0.1) is 11.3 Å². The van der Waals surface area contributed by atoms with E-state index < -0.39 is 0 Å². The fourth-order valence-corrected chi connectivity index (χ4v) is 5.41. The predicted molar refractivity (Wildman–Crippen MR) is 112 cm³/mol. The molecule has 1 amide bonds. The summed E-state index contributed by atoms with van der Waals surface area (Å²) >= 11 is 1.70. The van der Waals surface area contributed by atoms with E-state index in [1.165, 1.54) is 16.0 Å². The molecule has 5 nitrogen and oxygen atoms in total. The zero-order valence-electron chi connectivity index (χ0n) is 16.6. The van der Waals surface area contributed by atoms with Crippen molar-refractivity contribution in [3.8, 4) is 0 Å². The van der Waals surface area contributed by atoms with Crippen LogP contribution in [0.1, 0.15) is 58.2 Å². The molecule has 28 heavy (non-hydrogen) atoms. The van der Waals surface area contributed by atoms with Gasteiger partial charge in [0.2, 0.25) is 0 Å². The van der Waals surface area contributed by atoms with Crippen LogP contribution in [0, 0.1) is 0 Å². The van der Waals surface area contributed by atoms with Crippen molar-refractivity contribution in [2.45, 2.75) is 58.2 Å². The zero-order chi connectivity index (χ0) is 19.5. The molecule has 0 spiro atoms. The highest BCUT2D eigenvalue weighted by Gasteiger charge is 2.31. The highest BCUT2D eigenvalue weighted by molar-refractivity contribution is 7.10. The second kappa shape index (κ2) is 8.72. The van der Waals surface area contributed by atoms with Crippen molar-refractivity contribution >= 4 is 17.2 Å².